The summed E-state index contributed by atoms with van der Waals surface area (Å²) in [7, 11) is 0. The smallest absolute Gasteiger partial charge is 0.234 e. The van der Waals surface area contributed by atoms with E-state index in [2.05, 4.69) is 38.0 Å². The molecule has 2 aromatic carbocycles. The highest BCUT2D eigenvalue weighted by molar-refractivity contribution is 9.10. The van der Waals surface area contributed by atoms with Gasteiger partial charge in [0, 0.05) is 21.7 Å². The number of aromatic nitrogens is 3. The van der Waals surface area contributed by atoms with Crippen LogP contribution in [-0.2, 0) is 17.9 Å². The Bertz CT molecular complexity index is 1040. The molecule has 0 bridgehead atoms. The van der Waals surface area contributed by atoms with E-state index in [1.807, 2.05) is 47.9 Å². The van der Waals surface area contributed by atoms with Gasteiger partial charge in [-0.25, -0.2) is 0 Å². The second-order valence-corrected chi connectivity index (χ2v) is 8.63. The summed E-state index contributed by atoms with van der Waals surface area (Å²) in [6.07, 6.45) is 1.76. The van der Waals surface area contributed by atoms with Gasteiger partial charge in [0.15, 0.2) is 11.0 Å². The molecule has 0 unspecified atom stereocenters. The van der Waals surface area contributed by atoms with E-state index in [0.717, 1.165) is 21.5 Å². The summed E-state index contributed by atoms with van der Waals surface area (Å²) in [4.78, 5) is 12.3. The molecule has 0 aliphatic rings. The van der Waals surface area contributed by atoms with Gasteiger partial charge in [0.05, 0.1) is 5.75 Å². The van der Waals surface area contributed by atoms with E-state index in [0.29, 0.717) is 22.5 Å². The van der Waals surface area contributed by atoms with Gasteiger partial charge in [-0.1, -0.05) is 45.4 Å². The lowest BCUT2D eigenvalue weighted by atomic mass is 10.2. The van der Waals surface area contributed by atoms with E-state index in [1.54, 1.807) is 12.1 Å². The molecular formula is C21H20BrClN4O2S. The highest BCUT2D eigenvalue weighted by Crippen LogP contribution is 2.24. The van der Waals surface area contributed by atoms with Crippen molar-refractivity contribution in [1.29, 1.82) is 0 Å². The van der Waals surface area contributed by atoms with Crippen LogP contribution < -0.4 is 10.1 Å². The van der Waals surface area contributed by atoms with E-state index < -0.39 is 0 Å². The molecule has 6 nitrogen and oxygen atoms in total. The van der Waals surface area contributed by atoms with E-state index in [-0.39, 0.29) is 18.3 Å². The normalized spacial score (nSPS) is 10.6. The van der Waals surface area contributed by atoms with Crippen LogP contribution in [0.5, 0.6) is 5.75 Å². The van der Waals surface area contributed by atoms with Crippen LogP contribution in [0.4, 0.5) is 5.69 Å². The van der Waals surface area contributed by atoms with Crippen molar-refractivity contribution >= 4 is 50.9 Å². The maximum Gasteiger partial charge on any atom is 0.234 e. The number of rotatable bonds is 9. The number of halogens is 2. The fourth-order valence-electron chi connectivity index (χ4n) is 2.62. The van der Waals surface area contributed by atoms with Gasteiger partial charge in [0.1, 0.15) is 12.4 Å². The SMILES string of the molecule is C=CCn1c(COc2ccc(Cl)cc2C)nnc1SCC(=O)Nc1ccc(Br)cc1. The Labute approximate surface area is 192 Å². The number of hydrogen-bond donors (Lipinski definition) is 1. The summed E-state index contributed by atoms with van der Waals surface area (Å²) in [5.41, 5.74) is 1.68. The molecule has 1 aromatic heterocycles. The van der Waals surface area contributed by atoms with Crippen LogP contribution in [0.2, 0.25) is 5.02 Å². The number of anilines is 1. The van der Waals surface area contributed by atoms with Crippen molar-refractivity contribution in [2.45, 2.75) is 25.2 Å². The first-order valence-electron chi connectivity index (χ1n) is 9.06. The number of aryl methyl sites for hydroxylation is 1. The molecule has 0 saturated carbocycles. The lowest BCUT2D eigenvalue weighted by molar-refractivity contribution is -0.113. The van der Waals surface area contributed by atoms with Gasteiger partial charge in [0.25, 0.3) is 0 Å². The zero-order valence-corrected chi connectivity index (χ0v) is 19.4. The van der Waals surface area contributed by atoms with Gasteiger partial charge in [-0.15, -0.1) is 16.8 Å². The van der Waals surface area contributed by atoms with Crippen molar-refractivity contribution < 1.29 is 9.53 Å². The van der Waals surface area contributed by atoms with Crippen LogP contribution in [0.25, 0.3) is 0 Å². The fourth-order valence-corrected chi connectivity index (χ4v) is 3.88. The molecule has 0 spiro atoms. The van der Waals surface area contributed by atoms with Crippen LogP contribution in [-0.4, -0.2) is 26.4 Å². The Balaban J connectivity index is 1.62. The first-order valence-corrected chi connectivity index (χ1v) is 11.2. The van der Waals surface area contributed by atoms with Crippen LogP contribution >= 0.6 is 39.3 Å². The minimum atomic E-state index is -0.120. The number of nitrogens with one attached hydrogen (secondary N) is 1. The van der Waals surface area contributed by atoms with E-state index in [4.69, 9.17) is 16.3 Å². The Morgan fingerprint density at radius 1 is 1.30 bits per heavy atom. The summed E-state index contributed by atoms with van der Waals surface area (Å²) in [5.74, 6) is 1.48. The third kappa shape index (κ3) is 6.10. The Morgan fingerprint density at radius 2 is 2.07 bits per heavy atom. The van der Waals surface area contributed by atoms with Crippen molar-refractivity contribution in [1.82, 2.24) is 14.8 Å². The molecular weight excluding hydrogens is 488 g/mol. The number of carbonyl (C=O) groups is 1. The zero-order chi connectivity index (χ0) is 21.5. The van der Waals surface area contributed by atoms with Crippen LogP contribution in [0.3, 0.4) is 0 Å². The van der Waals surface area contributed by atoms with E-state index in [1.165, 1.54) is 11.8 Å². The van der Waals surface area contributed by atoms with E-state index >= 15 is 0 Å². The molecule has 3 rings (SSSR count). The van der Waals surface area contributed by atoms with Crippen molar-refractivity contribution in [2.24, 2.45) is 0 Å². The maximum atomic E-state index is 12.3. The summed E-state index contributed by atoms with van der Waals surface area (Å²) in [6.45, 7) is 6.49. The Kier molecular flexibility index (Phi) is 7.95. The number of allylic oxidation sites excluding steroid dienone is 1. The number of benzene rings is 2. The molecule has 0 saturated heterocycles. The molecule has 1 N–H and O–H groups in total. The lowest BCUT2D eigenvalue weighted by Gasteiger charge is -2.11. The van der Waals surface area contributed by atoms with Gasteiger partial charge in [-0.3, -0.25) is 9.36 Å². The van der Waals surface area contributed by atoms with Crippen LogP contribution in [0.15, 0.2) is 64.7 Å². The molecule has 0 aliphatic carbocycles. The number of amides is 1. The van der Waals surface area contributed by atoms with Gasteiger partial charge >= 0.3 is 0 Å². The van der Waals surface area contributed by atoms with Gasteiger partial charge in [-0.2, -0.15) is 0 Å². The standard InChI is InChI=1S/C21H20BrClN4O2S/c1-3-10-27-19(12-29-18-9-6-16(23)11-14(18)2)25-26-21(27)30-13-20(28)24-17-7-4-15(22)5-8-17/h3-9,11H,1,10,12-13H2,2H3,(H,24,28). The molecule has 0 radical (unpaired) electrons. The average molecular weight is 508 g/mol. The number of carbonyl (C=O) groups excluding carboxylic acids is 1. The molecule has 0 fully saturated rings. The summed E-state index contributed by atoms with van der Waals surface area (Å²) < 4.78 is 8.72. The van der Waals surface area contributed by atoms with Crippen molar-refractivity contribution in [3.63, 3.8) is 0 Å². The number of nitrogens with zero attached hydrogens (tertiary/aromatic N) is 3. The molecule has 1 heterocycles. The molecule has 156 valence electrons. The minimum Gasteiger partial charge on any atom is -0.485 e. The van der Waals surface area contributed by atoms with E-state index in [9.17, 15) is 4.79 Å². The highest BCUT2D eigenvalue weighted by Gasteiger charge is 2.14. The number of thioether (sulfide) groups is 1. The first-order chi connectivity index (χ1) is 14.5. The second kappa shape index (κ2) is 10.7. The van der Waals surface area contributed by atoms with Crippen molar-refractivity contribution in [2.75, 3.05) is 11.1 Å². The van der Waals surface area contributed by atoms with Gasteiger partial charge in [0.2, 0.25) is 5.91 Å². The predicted molar refractivity (Wildman–Crippen MR) is 124 cm³/mol. The molecule has 9 heteroatoms. The minimum absolute atomic E-state index is 0.120. The first kappa shape index (κ1) is 22.4. The quantitative estimate of drug-likeness (QED) is 0.306. The zero-order valence-electron chi connectivity index (χ0n) is 16.3. The largest absolute Gasteiger partial charge is 0.485 e. The molecule has 1 amide bonds. The lowest BCUT2D eigenvalue weighted by Crippen LogP contribution is -2.15. The third-order valence-corrected chi connectivity index (χ3v) is 5.79. The molecule has 0 atom stereocenters. The monoisotopic (exact) mass is 506 g/mol. The topological polar surface area (TPSA) is 69.0 Å². The summed E-state index contributed by atoms with van der Waals surface area (Å²) in [5, 5.41) is 12.6. The Morgan fingerprint density at radius 3 is 2.77 bits per heavy atom. The fraction of sp³-hybridized carbons (Fsp3) is 0.190. The van der Waals surface area contributed by atoms with Gasteiger partial charge < -0.3 is 10.1 Å². The molecule has 0 aliphatic heterocycles. The summed E-state index contributed by atoms with van der Waals surface area (Å²) in [6, 6.07) is 12.9. The summed E-state index contributed by atoms with van der Waals surface area (Å²) >= 11 is 10.7. The van der Waals surface area contributed by atoms with Crippen LogP contribution in [0, 0.1) is 6.92 Å². The van der Waals surface area contributed by atoms with Crippen molar-refractivity contribution in [3.05, 3.63) is 76.0 Å². The predicted octanol–water partition coefficient (Wildman–Crippen LogP) is 5.50. The molecule has 30 heavy (non-hydrogen) atoms. The number of hydrogen-bond acceptors (Lipinski definition) is 5. The third-order valence-electron chi connectivity index (χ3n) is 4.06. The Hall–Kier alpha value is -2.29. The van der Waals surface area contributed by atoms with Crippen molar-refractivity contribution in [3.8, 4) is 5.75 Å². The van der Waals surface area contributed by atoms with Crippen LogP contribution in [0.1, 0.15) is 11.4 Å². The highest BCUT2D eigenvalue weighted by atomic mass is 79.9. The maximum absolute atomic E-state index is 12.3. The second-order valence-electron chi connectivity index (χ2n) is 6.34. The average Bonchev–Trinajstić information content (AvgIpc) is 3.09. The number of ether oxygens (including phenoxy) is 1. The van der Waals surface area contributed by atoms with Gasteiger partial charge in [-0.05, 0) is 55.0 Å². The molecule has 3 aromatic rings.